The number of sulfonamides is 1. The molecule has 1 fully saturated rings. The SMILES string of the molecule is CCCCCC(=O)NS(=O)(=O)c1ccccc1-c1ccc(CN2C(=O)C3(CCCC3)N=C2CCC)cc1. The van der Waals surface area contributed by atoms with Crippen LogP contribution in [0.15, 0.2) is 58.4 Å². The second kappa shape index (κ2) is 11.6. The molecule has 4 rings (SSSR count). The Hall–Kier alpha value is -3.00. The maximum atomic E-state index is 13.3. The van der Waals surface area contributed by atoms with Crippen molar-refractivity contribution in [1.29, 1.82) is 0 Å². The Bertz CT molecular complexity index is 1260. The molecule has 7 nitrogen and oxygen atoms in total. The maximum absolute atomic E-state index is 13.3. The molecule has 1 N–H and O–H groups in total. The number of unbranched alkanes of at least 4 members (excludes halogenated alkanes) is 2. The van der Waals surface area contributed by atoms with Gasteiger partial charge >= 0.3 is 0 Å². The van der Waals surface area contributed by atoms with Gasteiger partial charge in [0.2, 0.25) is 5.91 Å². The summed E-state index contributed by atoms with van der Waals surface area (Å²) in [6.07, 6.45) is 8.13. The zero-order chi connectivity index (χ0) is 26.5. The van der Waals surface area contributed by atoms with Crippen LogP contribution in [0.4, 0.5) is 0 Å². The van der Waals surface area contributed by atoms with Crippen molar-refractivity contribution in [2.45, 2.75) is 95.0 Å². The summed E-state index contributed by atoms with van der Waals surface area (Å²) in [5.41, 5.74) is 1.66. The average Bonchev–Trinajstić information content (AvgIpc) is 3.45. The molecule has 8 heteroatoms. The Morgan fingerprint density at radius 1 is 1.00 bits per heavy atom. The zero-order valence-electron chi connectivity index (χ0n) is 21.8. The van der Waals surface area contributed by atoms with Crippen molar-refractivity contribution in [2.75, 3.05) is 0 Å². The number of carbonyl (C=O) groups is 2. The molecule has 2 aliphatic rings. The van der Waals surface area contributed by atoms with Crippen molar-refractivity contribution < 1.29 is 18.0 Å². The predicted molar refractivity (Wildman–Crippen MR) is 145 cm³/mol. The molecule has 2 aromatic rings. The number of hydrogen-bond acceptors (Lipinski definition) is 5. The van der Waals surface area contributed by atoms with Crippen molar-refractivity contribution in [1.82, 2.24) is 9.62 Å². The van der Waals surface area contributed by atoms with Gasteiger partial charge in [-0.25, -0.2) is 13.1 Å². The van der Waals surface area contributed by atoms with Gasteiger partial charge in [0.1, 0.15) is 11.4 Å². The van der Waals surface area contributed by atoms with Gasteiger partial charge in [0.05, 0.1) is 11.4 Å². The quantitative estimate of drug-likeness (QED) is 0.388. The van der Waals surface area contributed by atoms with Gasteiger partial charge in [-0.3, -0.25) is 19.5 Å². The van der Waals surface area contributed by atoms with E-state index in [-0.39, 0.29) is 17.2 Å². The average molecular weight is 524 g/mol. The number of nitrogens with zero attached hydrogens (tertiary/aromatic N) is 2. The highest BCUT2D eigenvalue weighted by molar-refractivity contribution is 7.90. The van der Waals surface area contributed by atoms with Gasteiger partial charge in [-0.1, -0.05) is 82.0 Å². The van der Waals surface area contributed by atoms with E-state index in [1.54, 1.807) is 18.2 Å². The number of hydrogen-bond donors (Lipinski definition) is 1. The van der Waals surface area contributed by atoms with E-state index < -0.39 is 21.5 Å². The Balaban J connectivity index is 1.52. The maximum Gasteiger partial charge on any atom is 0.264 e. The first kappa shape index (κ1) is 27.0. The fourth-order valence-corrected chi connectivity index (χ4v) is 6.53. The van der Waals surface area contributed by atoms with Crippen LogP contribution in [0.3, 0.4) is 0 Å². The molecule has 1 spiro atoms. The summed E-state index contributed by atoms with van der Waals surface area (Å²) in [5, 5.41) is 0. The number of carbonyl (C=O) groups excluding carboxylic acids is 2. The minimum atomic E-state index is -4.01. The van der Waals surface area contributed by atoms with E-state index in [2.05, 4.69) is 11.6 Å². The van der Waals surface area contributed by atoms with Crippen molar-refractivity contribution in [3.8, 4) is 11.1 Å². The number of amides is 2. The molecule has 198 valence electrons. The third-order valence-corrected chi connectivity index (χ3v) is 8.67. The Labute approximate surface area is 220 Å². The van der Waals surface area contributed by atoms with Crippen LogP contribution in [0.2, 0.25) is 0 Å². The highest BCUT2D eigenvalue weighted by Crippen LogP contribution is 2.40. The molecule has 0 radical (unpaired) electrons. The number of rotatable bonds is 11. The summed E-state index contributed by atoms with van der Waals surface area (Å²) in [5.74, 6) is 0.506. The molecular weight excluding hydrogens is 486 g/mol. The Morgan fingerprint density at radius 2 is 1.70 bits per heavy atom. The smallest absolute Gasteiger partial charge is 0.264 e. The third-order valence-electron chi connectivity index (χ3n) is 7.24. The molecule has 2 amide bonds. The molecule has 1 heterocycles. The molecule has 1 saturated carbocycles. The summed E-state index contributed by atoms with van der Waals surface area (Å²) >= 11 is 0. The predicted octanol–water partition coefficient (Wildman–Crippen LogP) is 5.59. The summed E-state index contributed by atoms with van der Waals surface area (Å²) < 4.78 is 28.3. The van der Waals surface area contributed by atoms with Crippen LogP contribution in [0.1, 0.15) is 83.6 Å². The van der Waals surface area contributed by atoms with E-state index in [9.17, 15) is 18.0 Å². The number of benzene rings is 2. The van der Waals surface area contributed by atoms with Crippen LogP contribution < -0.4 is 4.72 Å². The zero-order valence-corrected chi connectivity index (χ0v) is 22.6. The summed E-state index contributed by atoms with van der Waals surface area (Å²) in [6, 6.07) is 14.3. The van der Waals surface area contributed by atoms with E-state index in [0.29, 0.717) is 18.5 Å². The van der Waals surface area contributed by atoms with Crippen LogP contribution in [-0.4, -0.2) is 36.5 Å². The lowest BCUT2D eigenvalue weighted by molar-refractivity contribution is -0.131. The van der Waals surface area contributed by atoms with Crippen molar-refractivity contribution in [3.05, 3.63) is 54.1 Å². The highest BCUT2D eigenvalue weighted by atomic mass is 32.2. The molecular formula is C29H37N3O4S. The molecule has 1 aliphatic heterocycles. The molecule has 1 aliphatic carbocycles. The fourth-order valence-electron chi connectivity index (χ4n) is 5.29. The highest BCUT2D eigenvalue weighted by Gasteiger charge is 2.49. The van der Waals surface area contributed by atoms with E-state index in [4.69, 9.17) is 4.99 Å². The summed E-state index contributed by atoms with van der Waals surface area (Å²) in [6.45, 7) is 4.58. The monoisotopic (exact) mass is 523 g/mol. The second-order valence-corrected chi connectivity index (χ2v) is 11.7. The van der Waals surface area contributed by atoms with Crippen molar-refractivity contribution >= 4 is 27.7 Å². The lowest BCUT2D eigenvalue weighted by atomic mass is 9.98. The van der Waals surface area contributed by atoms with Gasteiger partial charge in [-0.05, 0) is 42.9 Å². The normalized spacial score (nSPS) is 16.9. The molecule has 0 unspecified atom stereocenters. The lowest BCUT2D eigenvalue weighted by Gasteiger charge is -2.22. The topological polar surface area (TPSA) is 95.9 Å². The van der Waals surface area contributed by atoms with Gasteiger partial charge in [0, 0.05) is 18.4 Å². The van der Waals surface area contributed by atoms with Crippen molar-refractivity contribution in [2.24, 2.45) is 4.99 Å². The van der Waals surface area contributed by atoms with E-state index in [1.807, 2.05) is 36.1 Å². The van der Waals surface area contributed by atoms with Crippen LogP contribution in [0.5, 0.6) is 0 Å². The third kappa shape index (κ3) is 5.95. The van der Waals surface area contributed by atoms with Gasteiger partial charge in [-0.15, -0.1) is 0 Å². The Morgan fingerprint density at radius 3 is 2.38 bits per heavy atom. The number of amidine groups is 1. The molecule has 2 aromatic carbocycles. The van der Waals surface area contributed by atoms with E-state index in [0.717, 1.165) is 68.3 Å². The van der Waals surface area contributed by atoms with Crippen LogP contribution in [0, 0.1) is 0 Å². The van der Waals surface area contributed by atoms with E-state index in [1.165, 1.54) is 6.07 Å². The van der Waals surface area contributed by atoms with Crippen LogP contribution in [0.25, 0.3) is 11.1 Å². The van der Waals surface area contributed by atoms with Crippen LogP contribution in [-0.2, 0) is 26.2 Å². The van der Waals surface area contributed by atoms with Gasteiger partial charge in [0.25, 0.3) is 15.9 Å². The summed E-state index contributed by atoms with van der Waals surface area (Å²) in [7, 11) is -4.01. The first-order valence-corrected chi connectivity index (χ1v) is 14.9. The minimum Gasteiger partial charge on any atom is -0.294 e. The molecule has 0 aromatic heterocycles. The number of nitrogens with one attached hydrogen (secondary N) is 1. The molecule has 0 bridgehead atoms. The van der Waals surface area contributed by atoms with Gasteiger partial charge < -0.3 is 0 Å². The lowest BCUT2D eigenvalue weighted by Crippen LogP contribution is -2.40. The summed E-state index contributed by atoms with van der Waals surface area (Å²) in [4.78, 5) is 32.4. The minimum absolute atomic E-state index is 0.0712. The molecule has 0 atom stereocenters. The Kier molecular flexibility index (Phi) is 8.47. The van der Waals surface area contributed by atoms with Gasteiger partial charge in [-0.2, -0.15) is 0 Å². The molecule has 0 saturated heterocycles. The first-order chi connectivity index (χ1) is 17.8. The largest absolute Gasteiger partial charge is 0.294 e. The standard InChI is InChI=1S/C29H37N3O4S/c1-3-5-6-14-27(33)31-37(35,36)25-13-8-7-12-24(25)23-17-15-22(16-18-23)21-32-26(11-4-2)30-29(28(32)34)19-9-10-20-29/h7-8,12-13,15-18H,3-6,9-11,14,19-21H2,1-2H3,(H,31,33). The van der Waals surface area contributed by atoms with Crippen molar-refractivity contribution in [3.63, 3.8) is 0 Å². The fraction of sp³-hybridized carbons (Fsp3) is 0.483. The second-order valence-electron chi connectivity index (χ2n) is 10.1. The first-order valence-electron chi connectivity index (χ1n) is 13.4. The van der Waals surface area contributed by atoms with E-state index >= 15 is 0 Å². The van der Waals surface area contributed by atoms with Crippen LogP contribution >= 0.6 is 0 Å². The van der Waals surface area contributed by atoms with Gasteiger partial charge in [0.15, 0.2) is 0 Å². The molecule has 37 heavy (non-hydrogen) atoms. The number of aliphatic imine (C=N–C) groups is 1.